The van der Waals surface area contributed by atoms with Gasteiger partial charge in [-0.3, -0.25) is 0 Å². The smallest absolute Gasteiger partial charge is 0.0587 e. The quantitative estimate of drug-likeness (QED) is 0.485. The van der Waals surface area contributed by atoms with Crippen LogP contribution < -0.4 is 5.73 Å². The number of allylic oxidation sites excluding steroid dienone is 2. The lowest BCUT2D eigenvalue weighted by Crippen LogP contribution is -2.26. The second-order valence-corrected chi connectivity index (χ2v) is 2.14. The van der Waals surface area contributed by atoms with E-state index in [0.717, 1.165) is 4.86 Å². The summed E-state index contributed by atoms with van der Waals surface area (Å²) in [4.78, 5) is 0.813. The lowest BCUT2D eigenvalue weighted by molar-refractivity contribution is 1.10. The van der Waals surface area contributed by atoms with Crippen molar-refractivity contribution < 1.29 is 0 Å². The molecule has 8 heavy (non-hydrogen) atoms. The van der Waals surface area contributed by atoms with Crippen LogP contribution in [0.5, 0.6) is 0 Å². The SMILES string of the molecule is NC1C=CC=CC1=S. The molecule has 0 aromatic heterocycles. The largest absolute Gasteiger partial charge is 0.320 e. The summed E-state index contributed by atoms with van der Waals surface area (Å²) < 4.78 is 0. The standard InChI is InChI=1S/C6H7NS/c7-5-3-1-2-4-6(5)8/h1-5H,7H2. The van der Waals surface area contributed by atoms with Gasteiger partial charge in [0.05, 0.1) is 6.04 Å². The van der Waals surface area contributed by atoms with E-state index in [-0.39, 0.29) is 6.04 Å². The van der Waals surface area contributed by atoms with E-state index in [4.69, 9.17) is 18.0 Å². The highest BCUT2D eigenvalue weighted by molar-refractivity contribution is 7.80. The van der Waals surface area contributed by atoms with Crippen LogP contribution in [0.4, 0.5) is 0 Å². The Hall–Kier alpha value is -0.470. The Morgan fingerprint density at radius 3 is 2.62 bits per heavy atom. The minimum Gasteiger partial charge on any atom is -0.320 e. The maximum absolute atomic E-state index is 5.50. The highest BCUT2D eigenvalue weighted by atomic mass is 32.1. The third-order valence-electron chi connectivity index (χ3n) is 1.02. The molecule has 0 aliphatic heterocycles. The number of thiocarbonyl (C=S) groups is 1. The summed E-state index contributed by atoms with van der Waals surface area (Å²) in [5.74, 6) is 0. The Bertz CT molecular complexity index is 158. The van der Waals surface area contributed by atoms with Crippen LogP contribution in [-0.4, -0.2) is 10.9 Å². The van der Waals surface area contributed by atoms with Gasteiger partial charge in [-0.05, 0) is 6.08 Å². The van der Waals surface area contributed by atoms with Gasteiger partial charge >= 0.3 is 0 Å². The average molecular weight is 125 g/mol. The molecule has 0 aromatic rings. The van der Waals surface area contributed by atoms with Crippen molar-refractivity contribution in [2.24, 2.45) is 5.73 Å². The normalized spacial score (nSPS) is 26.6. The Labute approximate surface area is 53.9 Å². The topological polar surface area (TPSA) is 26.0 Å². The molecule has 0 bridgehead atoms. The van der Waals surface area contributed by atoms with Gasteiger partial charge in [-0.2, -0.15) is 0 Å². The molecule has 1 rings (SSSR count). The molecule has 1 aliphatic rings. The molecular formula is C6H7NS. The molecule has 0 amide bonds. The van der Waals surface area contributed by atoms with Crippen molar-refractivity contribution in [3.63, 3.8) is 0 Å². The summed E-state index contributed by atoms with van der Waals surface area (Å²) in [5, 5.41) is 0. The van der Waals surface area contributed by atoms with Gasteiger partial charge in [-0.1, -0.05) is 30.4 Å². The zero-order chi connectivity index (χ0) is 5.98. The number of nitrogens with two attached hydrogens (primary N) is 1. The van der Waals surface area contributed by atoms with E-state index in [1.54, 1.807) is 0 Å². The van der Waals surface area contributed by atoms with Crippen molar-refractivity contribution in [1.82, 2.24) is 0 Å². The lowest BCUT2D eigenvalue weighted by atomic mass is 10.1. The predicted molar refractivity (Wildman–Crippen MR) is 38.9 cm³/mol. The van der Waals surface area contributed by atoms with E-state index in [2.05, 4.69) is 0 Å². The van der Waals surface area contributed by atoms with Crippen molar-refractivity contribution in [3.8, 4) is 0 Å². The maximum atomic E-state index is 5.50. The van der Waals surface area contributed by atoms with Crippen molar-refractivity contribution in [2.75, 3.05) is 0 Å². The molecule has 42 valence electrons. The predicted octanol–water partition coefficient (Wildman–Crippen LogP) is 0.810. The minimum atomic E-state index is -0.0324. The van der Waals surface area contributed by atoms with Crippen LogP contribution in [0.25, 0.3) is 0 Å². The second-order valence-electron chi connectivity index (χ2n) is 1.67. The van der Waals surface area contributed by atoms with Crippen LogP contribution in [0.15, 0.2) is 24.3 Å². The number of hydrogen-bond acceptors (Lipinski definition) is 2. The average Bonchev–Trinajstić information content (AvgIpc) is 1.77. The second kappa shape index (κ2) is 2.20. The molecule has 1 aliphatic carbocycles. The van der Waals surface area contributed by atoms with Crippen molar-refractivity contribution in [2.45, 2.75) is 6.04 Å². The van der Waals surface area contributed by atoms with Gasteiger partial charge < -0.3 is 5.73 Å². The van der Waals surface area contributed by atoms with Gasteiger partial charge in [-0.25, -0.2) is 0 Å². The fourth-order valence-corrected chi connectivity index (χ4v) is 0.697. The molecule has 0 heterocycles. The highest BCUT2D eigenvalue weighted by Crippen LogP contribution is 1.96. The molecule has 0 radical (unpaired) electrons. The van der Waals surface area contributed by atoms with Gasteiger partial charge in [0.1, 0.15) is 0 Å². The molecule has 0 saturated carbocycles. The summed E-state index contributed by atoms with van der Waals surface area (Å²) in [6, 6.07) is -0.0324. The van der Waals surface area contributed by atoms with Crippen LogP contribution >= 0.6 is 12.2 Å². The molecular weight excluding hydrogens is 118 g/mol. The third kappa shape index (κ3) is 1.02. The Balaban J connectivity index is 2.74. The van der Waals surface area contributed by atoms with Crippen molar-refractivity contribution in [3.05, 3.63) is 24.3 Å². The first kappa shape index (κ1) is 5.66. The molecule has 0 spiro atoms. The van der Waals surface area contributed by atoms with Crippen LogP contribution in [0, 0.1) is 0 Å². The Morgan fingerprint density at radius 1 is 1.50 bits per heavy atom. The van der Waals surface area contributed by atoms with Crippen molar-refractivity contribution >= 4 is 17.1 Å². The summed E-state index contributed by atoms with van der Waals surface area (Å²) >= 11 is 4.87. The van der Waals surface area contributed by atoms with E-state index < -0.39 is 0 Å². The fourth-order valence-electron chi connectivity index (χ4n) is 0.540. The van der Waals surface area contributed by atoms with Crippen LogP contribution in [0.3, 0.4) is 0 Å². The molecule has 2 heteroatoms. The number of hydrogen-bond donors (Lipinski definition) is 1. The molecule has 1 nitrogen and oxygen atoms in total. The molecule has 0 fully saturated rings. The fraction of sp³-hybridized carbons (Fsp3) is 0.167. The first-order valence-corrected chi connectivity index (χ1v) is 2.86. The molecule has 1 unspecified atom stereocenters. The summed E-state index contributed by atoms with van der Waals surface area (Å²) in [7, 11) is 0. The summed E-state index contributed by atoms with van der Waals surface area (Å²) in [6.07, 6.45) is 7.52. The van der Waals surface area contributed by atoms with E-state index in [1.807, 2.05) is 24.3 Å². The first-order chi connectivity index (χ1) is 3.80. The van der Waals surface area contributed by atoms with Gasteiger partial charge in [-0.15, -0.1) is 0 Å². The van der Waals surface area contributed by atoms with E-state index in [1.165, 1.54) is 0 Å². The van der Waals surface area contributed by atoms with Crippen molar-refractivity contribution in [1.29, 1.82) is 0 Å². The van der Waals surface area contributed by atoms with Gasteiger partial charge in [0, 0.05) is 4.86 Å². The van der Waals surface area contributed by atoms with Gasteiger partial charge in [0.2, 0.25) is 0 Å². The summed E-state index contributed by atoms with van der Waals surface area (Å²) in [6.45, 7) is 0. The maximum Gasteiger partial charge on any atom is 0.0587 e. The Morgan fingerprint density at radius 2 is 2.25 bits per heavy atom. The zero-order valence-electron chi connectivity index (χ0n) is 4.37. The lowest BCUT2D eigenvalue weighted by Gasteiger charge is -2.05. The van der Waals surface area contributed by atoms with E-state index >= 15 is 0 Å². The van der Waals surface area contributed by atoms with E-state index in [0.29, 0.717) is 0 Å². The Kier molecular flexibility index (Phi) is 1.56. The molecule has 0 saturated heterocycles. The minimum absolute atomic E-state index is 0.0324. The molecule has 1 atom stereocenters. The van der Waals surface area contributed by atoms with Crippen LogP contribution in [0.1, 0.15) is 0 Å². The third-order valence-corrected chi connectivity index (χ3v) is 1.43. The van der Waals surface area contributed by atoms with E-state index in [9.17, 15) is 0 Å². The van der Waals surface area contributed by atoms with Gasteiger partial charge in [0.15, 0.2) is 0 Å². The summed E-state index contributed by atoms with van der Waals surface area (Å²) in [5.41, 5.74) is 5.50. The first-order valence-electron chi connectivity index (χ1n) is 2.45. The monoisotopic (exact) mass is 125 g/mol. The number of rotatable bonds is 0. The highest BCUT2D eigenvalue weighted by Gasteiger charge is 2.01. The van der Waals surface area contributed by atoms with Crippen LogP contribution in [0.2, 0.25) is 0 Å². The van der Waals surface area contributed by atoms with Crippen LogP contribution in [-0.2, 0) is 0 Å². The molecule has 0 aromatic carbocycles. The van der Waals surface area contributed by atoms with Gasteiger partial charge in [0.25, 0.3) is 0 Å². The zero-order valence-corrected chi connectivity index (χ0v) is 5.19. The molecule has 2 N–H and O–H groups in total.